The van der Waals surface area contributed by atoms with Crippen molar-refractivity contribution >= 4 is 23.8 Å². The van der Waals surface area contributed by atoms with Crippen LogP contribution in [0, 0.1) is 11.8 Å². The Bertz CT molecular complexity index is 785. The van der Waals surface area contributed by atoms with Gasteiger partial charge >= 0.3 is 0 Å². The molecule has 160 valence electrons. The zero-order valence-electron chi connectivity index (χ0n) is 17.1. The first kappa shape index (κ1) is 21.6. The predicted octanol–water partition coefficient (Wildman–Crippen LogP) is 2.48. The van der Waals surface area contributed by atoms with Crippen LogP contribution in [0.4, 0.5) is 0 Å². The van der Waals surface area contributed by atoms with Gasteiger partial charge in [-0.05, 0) is 50.0 Å². The normalized spacial score (nSPS) is 23.8. The number of benzene rings is 1. The van der Waals surface area contributed by atoms with E-state index in [0.29, 0.717) is 35.7 Å². The van der Waals surface area contributed by atoms with E-state index in [-0.39, 0.29) is 23.2 Å². The average Bonchev–Trinajstić information content (AvgIpc) is 2.81. The second kappa shape index (κ2) is 8.31. The minimum atomic E-state index is -0.761. The molecule has 1 aromatic carbocycles. The smallest absolute Gasteiger partial charge is 0.257 e. The van der Waals surface area contributed by atoms with Crippen LogP contribution < -0.4 is 5.73 Å². The van der Waals surface area contributed by atoms with Crippen LogP contribution in [0.25, 0.3) is 0 Å². The Kier molecular flexibility index (Phi) is 6.19. The van der Waals surface area contributed by atoms with E-state index in [2.05, 4.69) is 23.1 Å². The number of piperidine rings is 1. The molecule has 2 aliphatic rings. The molecule has 5 N–H and O–H groups in total. The summed E-state index contributed by atoms with van der Waals surface area (Å²) in [5, 5.41) is 29.4. The zero-order valence-corrected chi connectivity index (χ0v) is 17.9. The van der Waals surface area contributed by atoms with E-state index in [1.807, 2.05) is 6.92 Å². The van der Waals surface area contributed by atoms with E-state index in [1.165, 1.54) is 24.1 Å². The Morgan fingerprint density at radius 3 is 2.38 bits per heavy atom. The van der Waals surface area contributed by atoms with Gasteiger partial charge in [-0.1, -0.05) is 13.8 Å². The van der Waals surface area contributed by atoms with E-state index in [9.17, 15) is 20.1 Å². The second-order valence-corrected chi connectivity index (χ2v) is 9.64. The highest BCUT2D eigenvalue weighted by atomic mass is 32.2. The number of aliphatic imine (C=N–C) groups is 1. The highest BCUT2D eigenvalue weighted by Crippen LogP contribution is 2.42. The third kappa shape index (κ3) is 4.72. The van der Waals surface area contributed by atoms with Gasteiger partial charge in [-0.2, -0.15) is 0 Å². The second-order valence-electron chi connectivity index (χ2n) is 8.53. The van der Waals surface area contributed by atoms with Gasteiger partial charge in [0.15, 0.2) is 5.96 Å². The fourth-order valence-corrected chi connectivity index (χ4v) is 5.06. The molecule has 3 rings (SSSR count). The minimum absolute atomic E-state index is 0.0144. The maximum absolute atomic E-state index is 12.9. The largest absolute Gasteiger partial charge is 0.508 e. The molecular weight excluding hydrogens is 392 g/mol. The van der Waals surface area contributed by atoms with Crippen molar-refractivity contribution in [1.29, 1.82) is 0 Å². The topological polar surface area (TPSA) is 123 Å². The summed E-state index contributed by atoms with van der Waals surface area (Å²) in [4.78, 5) is 19.3. The molecule has 0 aromatic heterocycles. The van der Waals surface area contributed by atoms with Crippen LogP contribution in [-0.2, 0) is 4.79 Å². The predicted molar refractivity (Wildman–Crippen MR) is 113 cm³/mol. The lowest BCUT2D eigenvalue weighted by Gasteiger charge is -2.33. The van der Waals surface area contributed by atoms with Gasteiger partial charge in [-0.3, -0.25) is 9.69 Å². The SMILES string of the molecule is CC(C)CC1(C)N=C(N)N(CC2CCN(Sc3c(O)cc(O)cc3O)CC2)C1=O. The van der Waals surface area contributed by atoms with Gasteiger partial charge in [0.05, 0.1) is 0 Å². The van der Waals surface area contributed by atoms with E-state index in [4.69, 9.17) is 5.73 Å². The van der Waals surface area contributed by atoms with Crippen molar-refractivity contribution < 1.29 is 20.1 Å². The zero-order chi connectivity index (χ0) is 21.3. The molecule has 0 aliphatic carbocycles. The number of guanidine groups is 1. The van der Waals surface area contributed by atoms with Crippen LogP contribution in [0.2, 0.25) is 0 Å². The molecule has 0 radical (unpaired) electrons. The summed E-state index contributed by atoms with van der Waals surface area (Å²) < 4.78 is 2.06. The molecule has 1 aromatic rings. The third-order valence-electron chi connectivity index (χ3n) is 5.42. The molecule has 1 fully saturated rings. The fourth-order valence-electron chi connectivity index (χ4n) is 4.11. The van der Waals surface area contributed by atoms with Gasteiger partial charge in [0.1, 0.15) is 27.7 Å². The number of phenolic OH excluding ortho intramolecular Hbond substituents is 3. The molecular formula is C20H30N4O4S. The number of aromatic hydroxyl groups is 3. The molecule has 8 nitrogen and oxygen atoms in total. The fraction of sp³-hybridized carbons (Fsp3) is 0.600. The van der Waals surface area contributed by atoms with Gasteiger partial charge < -0.3 is 21.1 Å². The maximum atomic E-state index is 12.9. The first-order valence-electron chi connectivity index (χ1n) is 9.94. The number of hydrogen-bond donors (Lipinski definition) is 4. The highest BCUT2D eigenvalue weighted by Gasteiger charge is 2.44. The van der Waals surface area contributed by atoms with Crippen LogP contribution in [0.1, 0.15) is 40.0 Å². The van der Waals surface area contributed by atoms with Crippen LogP contribution in [0.3, 0.4) is 0 Å². The Morgan fingerprint density at radius 1 is 1.24 bits per heavy atom. The molecule has 1 atom stereocenters. The molecule has 9 heteroatoms. The molecule has 2 aliphatic heterocycles. The van der Waals surface area contributed by atoms with Crippen molar-refractivity contribution in [2.24, 2.45) is 22.6 Å². The monoisotopic (exact) mass is 422 g/mol. The molecule has 1 saturated heterocycles. The van der Waals surface area contributed by atoms with Crippen molar-refractivity contribution in [1.82, 2.24) is 9.21 Å². The van der Waals surface area contributed by atoms with E-state index in [1.54, 1.807) is 4.90 Å². The highest BCUT2D eigenvalue weighted by molar-refractivity contribution is 7.97. The summed E-state index contributed by atoms with van der Waals surface area (Å²) in [5.41, 5.74) is 5.32. The average molecular weight is 423 g/mol. The number of phenols is 3. The number of amides is 1. The molecule has 29 heavy (non-hydrogen) atoms. The Morgan fingerprint density at radius 2 is 1.83 bits per heavy atom. The minimum Gasteiger partial charge on any atom is -0.508 e. The Hall–Kier alpha value is -2.13. The number of nitrogens with two attached hydrogens (primary N) is 1. The third-order valence-corrected chi connectivity index (χ3v) is 6.64. The van der Waals surface area contributed by atoms with Crippen LogP contribution in [0.5, 0.6) is 17.2 Å². The molecule has 0 saturated carbocycles. The van der Waals surface area contributed by atoms with Crippen molar-refractivity contribution in [2.45, 2.75) is 50.5 Å². The number of rotatable bonds is 6. The summed E-state index contributed by atoms with van der Waals surface area (Å²) in [5.74, 6) is 0.494. The molecule has 0 spiro atoms. The van der Waals surface area contributed by atoms with Gasteiger partial charge in [0.2, 0.25) is 0 Å². The number of carbonyl (C=O) groups is 1. The van der Waals surface area contributed by atoms with Gasteiger partial charge in [0, 0.05) is 31.8 Å². The summed E-state index contributed by atoms with van der Waals surface area (Å²) in [6.45, 7) is 8.07. The molecule has 1 unspecified atom stereocenters. The van der Waals surface area contributed by atoms with E-state index >= 15 is 0 Å². The standard InChI is InChI=1S/C20H30N4O4S/c1-12(2)10-20(3)18(28)24(19(21)22-20)11-13-4-6-23(7-5-13)29-17-15(26)8-14(25)9-16(17)27/h8-9,12-13,25-27H,4-7,10-11H2,1-3H3,(H2,21,22). The lowest BCUT2D eigenvalue weighted by molar-refractivity contribution is -0.131. The lowest BCUT2D eigenvalue weighted by Crippen LogP contribution is -2.46. The van der Waals surface area contributed by atoms with E-state index < -0.39 is 5.54 Å². The first-order chi connectivity index (χ1) is 13.6. The van der Waals surface area contributed by atoms with Crippen molar-refractivity contribution in [3.05, 3.63) is 12.1 Å². The first-order valence-corrected chi connectivity index (χ1v) is 10.7. The van der Waals surface area contributed by atoms with Crippen LogP contribution in [0.15, 0.2) is 22.0 Å². The number of nitrogens with zero attached hydrogens (tertiary/aromatic N) is 3. The van der Waals surface area contributed by atoms with Crippen LogP contribution in [-0.4, -0.2) is 61.6 Å². The Balaban J connectivity index is 1.56. The van der Waals surface area contributed by atoms with Gasteiger partial charge in [-0.25, -0.2) is 9.30 Å². The van der Waals surface area contributed by atoms with E-state index in [0.717, 1.165) is 25.9 Å². The summed E-state index contributed by atoms with van der Waals surface area (Å²) in [6.07, 6.45) is 2.41. The van der Waals surface area contributed by atoms with Gasteiger partial charge in [0.25, 0.3) is 5.91 Å². The molecule has 1 amide bonds. The summed E-state index contributed by atoms with van der Waals surface area (Å²) >= 11 is 1.27. The van der Waals surface area contributed by atoms with Gasteiger partial charge in [-0.15, -0.1) is 0 Å². The number of carbonyl (C=O) groups excluding carboxylic acids is 1. The van der Waals surface area contributed by atoms with Crippen molar-refractivity contribution in [3.8, 4) is 17.2 Å². The Labute approximate surface area is 175 Å². The van der Waals surface area contributed by atoms with Crippen LogP contribution >= 0.6 is 11.9 Å². The lowest BCUT2D eigenvalue weighted by atomic mass is 9.90. The van der Waals surface area contributed by atoms with Crippen molar-refractivity contribution in [2.75, 3.05) is 19.6 Å². The van der Waals surface area contributed by atoms with Crippen molar-refractivity contribution in [3.63, 3.8) is 0 Å². The molecule has 2 heterocycles. The molecule has 0 bridgehead atoms. The quantitative estimate of drug-likeness (QED) is 0.519. The summed E-state index contributed by atoms with van der Waals surface area (Å²) in [6, 6.07) is 2.42. The summed E-state index contributed by atoms with van der Waals surface area (Å²) in [7, 11) is 0. The number of hydrogen-bond acceptors (Lipinski definition) is 8. The maximum Gasteiger partial charge on any atom is 0.257 e.